The lowest BCUT2D eigenvalue weighted by atomic mass is 9.92. The van der Waals surface area contributed by atoms with Gasteiger partial charge >= 0.3 is 6.03 Å². The first kappa shape index (κ1) is 27.8. The van der Waals surface area contributed by atoms with E-state index in [0.29, 0.717) is 23.8 Å². The van der Waals surface area contributed by atoms with Gasteiger partial charge in [0.25, 0.3) is 0 Å². The van der Waals surface area contributed by atoms with Crippen molar-refractivity contribution in [2.45, 2.75) is 59.3 Å². The molecule has 1 aromatic heterocycles. The molecule has 0 aliphatic rings. The summed E-state index contributed by atoms with van der Waals surface area (Å²) in [6.45, 7) is 10.7. The first-order valence-corrected chi connectivity index (χ1v) is 12.8. The number of benzene rings is 2. The summed E-state index contributed by atoms with van der Waals surface area (Å²) >= 11 is 0. The number of nitrogens with one attached hydrogen (secondary N) is 2. The van der Waals surface area contributed by atoms with Crippen LogP contribution in [0.2, 0.25) is 0 Å². The molecule has 1 heterocycles. The van der Waals surface area contributed by atoms with E-state index in [0.717, 1.165) is 36.2 Å². The number of para-hydroxylation sites is 3. The highest BCUT2D eigenvalue weighted by Gasteiger charge is 2.24. The van der Waals surface area contributed by atoms with Gasteiger partial charge < -0.3 is 20.3 Å². The van der Waals surface area contributed by atoms with Crippen LogP contribution < -0.4 is 15.4 Å². The van der Waals surface area contributed by atoms with Crippen LogP contribution in [-0.2, 0) is 10.2 Å². The molecule has 3 aromatic rings. The van der Waals surface area contributed by atoms with Crippen molar-refractivity contribution in [1.82, 2.24) is 14.7 Å². The number of carbonyl (C=O) groups is 2. The maximum atomic E-state index is 13.3. The number of anilines is 2. The van der Waals surface area contributed by atoms with Crippen LogP contribution in [0.4, 0.5) is 16.3 Å². The third kappa shape index (κ3) is 7.35. The minimum Gasteiger partial charge on any atom is -0.495 e. The molecule has 0 bridgehead atoms. The van der Waals surface area contributed by atoms with Crippen LogP contribution in [-0.4, -0.2) is 46.8 Å². The summed E-state index contributed by atoms with van der Waals surface area (Å²) in [6, 6.07) is 16.7. The Balaban J connectivity index is 1.83. The van der Waals surface area contributed by atoms with Crippen LogP contribution >= 0.6 is 0 Å². The van der Waals surface area contributed by atoms with Gasteiger partial charge in [-0.15, -0.1) is 0 Å². The maximum absolute atomic E-state index is 13.3. The van der Waals surface area contributed by atoms with Crippen LogP contribution in [0.3, 0.4) is 0 Å². The molecule has 198 valence electrons. The first-order valence-electron chi connectivity index (χ1n) is 12.8. The fraction of sp³-hybridized carbons (Fsp3) is 0.414. The number of nitrogens with zero attached hydrogens (tertiary/aromatic N) is 3. The van der Waals surface area contributed by atoms with E-state index in [1.54, 1.807) is 23.9 Å². The van der Waals surface area contributed by atoms with Gasteiger partial charge in [-0.05, 0) is 37.1 Å². The lowest BCUT2D eigenvalue weighted by molar-refractivity contribution is -0.116. The number of unbranched alkanes of at least 4 members (excludes halogenated alkanes) is 2. The van der Waals surface area contributed by atoms with E-state index < -0.39 is 0 Å². The Kier molecular flexibility index (Phi) is 9.33. The van der Waals surface area contributed by atoms with E-state index in [-0.39, 0.29) is 23.9 Å². The Morgan fingerprint density at radius 1 is 1.03 bits per heavy atom. The second-order valence-corrected chi connectivity index (χ2v) is 10.2. The molecule has 0 saturated carbocycles. The third-order valence-electron chi connectivity index (χ3n) is 6.09. The number of methoxy groups -OCH3 is 1. The summed E-state index contributed by atoms with van der Waals surface area (Å²) in [5.41, 5.74) is 3.15. The summed E-state index contributed by atoms with van der Waals surface area (Å²) in [4.78, 5) is 28.0. The number of rotatable bonds is 10. The molecule has 37 heavy (non-hydrogen) atoms. The Morgan fingerprint density at radius 2 is 1.73 bits per heavy atom. The summed E-state index contributed by atoms with van der Waals surface area (Å²) in [7, 11) is 1.56. The number of carbonyl (C=O) groups excluding carboxylic acids is 2. The van der Waals surface area contributed by atoms with Crippen LogP contribution in [0.15, 0.2) is 54.6 Å². The number of aryl methyl sites for hydroxylation is 1. The molecule has 0 saturated heterocycles. The zero-order chi connectivity index (χ0) is 27.0. The lowest BCUT2D eigenvalue weighted by Gasteiger charge is -2.23. The standard InChI is InChI=1S/C29H39N5O3/c1-7-8-13-18-33(28(36)30-22-15-10-12-17-24(22)37-6)20-27(35)31-26-19-25(29(3,4)5)32-34(26)23-16-11-9-14-21(23)2/h9-12,14-17,19H,7-8,13,18,20H2,1-6H3,(H,30,36)(H,31,35). The summed E-state index contributed by atoms with van der Waals surface area (Å²) < 4.78 is 7.12. The van der Waals surface area contributed by atoms with Gasteiger partial charge in [-0.1, -0.05) is 70.9 Å². The fourth-order valence-corrected chi connectivity index (χ4v) is 3.92. The van der Waals surface area contributed by atoms with Gasteiger partial charge in [0.05, 0.1) is 24.2 Å². The van der Waals surface area contributed by atoms with Crippen molar-refractivity contribution in [3.05, 3.63) is 65.9 Å². The average Bonchev–Trinajstić information content (AvgIpc) is 3.28. The van der Waals surface area contributed by atoms with Gasteiger partial charge in [-0.2, -0.15) is 5.10 Å². The van der Waals surface area contributed by atoms with E-state index in [1.807, 2.05) is 49.4 Å². The van der Waals surface area contributed by atoms with Gasteiger partial charge in [0.2, 0.25) is 5.91 Å². The number of ether oxygens (including phenoxy) is 1. The molecule has 2 aromatic carbocycles. The lowest BCUT2D eigenvalue weighted by Crippen LogP contribution is -2.41. The molecule has 3 amide bonds. The number of aromatic nitrogens is 2. The van der Waals surface area contributed by atoms with Crippen molar-refractivity contribution in [1.29, 1.82) is 0 Å². The predicted octanol–water partition coefficient (Wildman–Crippen LogP) is 6.15. The minimum absolute atomic E-state index is 0.0888. The van der Waals surface area contributed by atoms with Crippen molar-refractivity contribution in [3.8, 4) is 11.4 Å². The van der Waals surface area contributed by atoms with Gasteiger partial charge in [0.1, 0.15) is 18.1 Å². The summed E-state index contributed by atoms with van der Waals surface area (Å²) in [5.74, 6) is 0.843. The minimum atomic E-state index is -0.349. The fourth-order valence-electron chi connectivity index (χ4n) is 3.92. The van der Waals surface area contributed by atoms with E-state index in [4.69, 9.17) is 9.84 Å². The van der Waals surface area contributed by atoms with E-state index in [1.165, 1.54) is 4.90 Å². The largest absolute Gasteiger partial charge is 0.495 e. The van der Waals surface area contributed by atoms with Gasteiger partial charge in [-0.3, -0.25) is 4.79 Å². The highest BCUT2D eigenvalue weighted by atomic mass is 16.5. The summed E-state index contributed by atoms with van der Waals surface area (Å²) in [5, 5.41) is 10.7. The molecule has 0 aliphatic carbocycles. The van der Waals surface area contributed by atoms with Crippen LogP contribution in [0, 0.1) is 6.92 Å². The summed E-state index contributed by atoms with van der Waals surface area (Å²) in [6.07, 6.45) is 2.78. The van der Waals surface area contributed by atoms with Crippen LogP contribution in [0.1, 0.15) is 58.2 Å². The number of urea groups is 1. The van der Waals surface area contributed by atoms with Crippen molar-refractivity contribution in [2.24, 2.45) is 0 Å². The molecule has 0 spiro atoms. The molecule has 2 N–H and O–H groups in total. The zero-order valence-electron chi connectivity index (χ0n) is 22.8. The Labute approximate surface area is 220 Å². The van der Waals surface area contributed by atoms with E-state index in [9.17, 15) is 9.59 Å². The molecule has 0 fully saturated rings. The quantitative estimate of drug-likeness (QED) is 0.324. The van der Waals surface area contributed by atoms with Crippen LogP contribution in [0.5, 0.6) is 5.75 Å². The smallest absolute Gasteiger partial charge is 0.322 e. The van der Waals surface area contributed by atoms with Crippen molar-refractivity contribution in [3.63, 3.8) is 0 Å². The monoisotopic (exact) mass is 505 g/mol. The number of amides is 3. The third-order valence-corrected chi connectivity index (χ3v) is 6.09. The van der Waals surface area contributed by atoms with Crippen molar-refractivity contribution in [2.75, 3.05) is 30.8 Å². The highest BCUT2D eigenvalue weighted by molar-refractivity contribution is 5.97. The van der Waals surface area contributed by atoms with E-state index in [2.05, 4.69) is 38.3 Å². The van der Waals surface area contributed by atoms with Crippen molar-refractivity contribution < 1.29 is 14.3 Å². The Morgan fingerprint density at radius 3 is 2.41 bits per heavy atom. The molecule has 0 unspecified atom stereocenters. The normalized spacial score (nSPS) is 11.2. The molecular weight excluding hydrogens is 466 g/mol. The molecule has 8 heteroatoms. The topological polar surface area (TPSA) is 88.5 Å². The van der Waals surface area contributed by atoms with Gasteiger partial charge in [0.15, 0.2) is 0 Å². The predicted molar refractivity (Wildman–Crippen MR) is 149 cm³/mol. The Bertz CT molecular complexity index is 1210. The molecular formula is C29H39N5O3. The maximum Gasteiger partial charge on any atom is 0.322 e. The average molecular weight is 506 g/mol. The Hall–Kier alpha value is -3.81. The number of hydrogen-bond acceptors (Lipinski definition) is 4. The van der Waals surface area contributed by atoms with Crippen LogP contribution in [0.25, 0.3) is 5.69 Å². The SMILES string of the molecule is CCCCCN(CC(=O)Nc1cc(C(C)(C)C)nn1-c1ccccc1C)C(=O)Nc1ccccc1OC. The zero-order valence-corrected chi connectivity index (χ0v) is 22.8. The molecule has 3 rings (SSSR count). The second kappa shape index (κ2) is 12.4. The molecule has 8 nitrogen and oxygen atoms in total. The van der Waals surface area contributed by atoms with Gasteiger partial charge in [0, 0.05) is 18.0 Å². The van der Waals surface area contributed by atoms with E-state index >= 15 is 0 Å². The first-order chi connectivity index (χ1) is 17.6. The highest BCUT2D eigenvalue weighted by Crippen LogP contribution is 2.27. The molecule has 0 atom stereocenters. The van der Waals surface area contributed by atoms with Crippen molar-refractivity contribution >= 4 is 23.4 Å². The number of hydrogen-bond donors (Lipinski definition) is 2. The van der Waals surface area contributed by atoms with Gasteiger partial charge in [-0.25, -0.2) is 9.48 Å². The second-order valence-electron chi connectivity index (χ2n) is 10.2. The molecule has 0 radical (unpaired) electrons. The molecule has 0 aliphatic heterocycles.